The van der Waals surface area contributed by atoms with E-state index >= 15 is 0 Å². The standard InChI is InChI=1S/C43H48N8O4S/c1-29-11-13-31(14-12-29)51-39(28-38(49-51)43(2,3)4)47-42(52)46-36-15-16-37(35-10-7-6-9-34(35)36)55-40-17-18-44-41(48-40)45-30-25-32(53-5)27-33(26-30)56-24-8-19-50-20-22-54-23-21-50/h6-7,9-18,25-28H,8,19-24H2,1-5H3,(H,44,45,48)(H2,46,47,52). The number of urea groups is 1. The van der Waals surface area contributed by atoms with Gasteiger partial charge in [-0.3, -0.25) is 10.2 Å². The van der Waals surface area contributed by atoms with Gasteiger partial charge in [0.15, 0.2) is 0 Å². The number of carbonyl (C=O) groups is 1. The molecule has 3 N–H and O–H groups in total. The molecule has 0 unspecified atom stereocenters. The average Bonchev–Trinajstić information content (AvgIpc) is 3.62. The number of amides is 2. The molecule has 1 aliphatic heterocycles. The highest BCUT2D eigenvalue weighted by molar-refractivity contribution is 7.99. The molecule has 1 aliphatic rings. The van der Waals surface area contributed by atoms with Gasteiger partial charge in [0, 0.05) is 64.3 Å². The van der Waals surface area contributed by atoms with Crippen LogP contribution in [0.1, 0.15) is 38.4 Å². The van der Waals surface area contributed by atoms with Gasteiger partial charge in [-0.1, -0.05) is 62.7 Å². The molecule has 0 atom stereocenters. The molecule has 0 saturated carbocycles. The van der Waals surface area contributed by atoms with Crippen molar-refractivity contribution < 1.29 is 19.0 Å². The van der Waals surface area contributed by atoms with Crippen LogP contribution < -0.4 is 25.4 Å². The summed E-state index contributed by atoms with van der Waals surface area (Å²) in [4.78, 5) is 26.2. The van der Waals surface area contributed by atoms with Gasteiger partial charge in [0.25, 0.3) is 0 Å². The number of ether oxygens (including phenoxy) is 3. The molecule has 0 radical (unpaired) electrons. The Bertz CT molecular complexity index is 2280. The second kappa shape index (κ2) is 17.4. The van der Waals surface area contributed by atoms with Gasteiger partial charge in [0.1, 0.15) is 17.3 Å². The lowest BCUT2D eigenvalue weighted by Crippen LogP contribution is -2.36. The molecule has 4 aromatic carbocycles. The molecule has 1 saturated heterocycles. The number of fused-ring (bicyclic) bond motifs is 1. The van der Waals surface area contributed by atoms with Crippen molar-refractivity contribution in [2.45, 2.75) is 44.4 Å². The smallest absolute Gasteiger partial charge is 0.324 e. The zero-order chi connectivity index (χ0) is 39.1. The molecule has 290 valence electrons. The Labute approximate surface area is 332 Å². The predicted molar refractivity (Wildman–Crippen MR) is 225 cm³/mol. The lowest BCUT2D eigenvalue weighted by molar-refractivity contribution is 0.0381. The van der Waals surface area contributed by atoms with Crippen molar-refractivity contribution in [3.05, 3.63) is 108 Å². The van der Waals surface area contributed by atoms with E-state index in [1.807, 2.05) is 85.8 Å². The Balaban J connectivity index is 1.04. The molecule has 0 spiro atoms. The summed E-state index contributed by atoms with van der Waals surface area (Å²) in [6.07, 6.45) is 2.74. The van der Waals surface area contributed by atoms with E-state index < -0.39 is 6.03 Å². The summed E-state index contributed by atoms with van der Waals surface area (Å²) in [7, 11) is 1.67. The van der Waals surface area contributed by atoms with Gasteiger partial charge >= 0.3 is 6.03 Å². The summed E-state index contributed by atoms with van der Waals surface area (Å²) in [5.41, 5.74) is 4.09. The van der Waals surface area contributed by atoms with Crippen LogP contribution in [0.4, 0.5) is 27.9 Å². The lowest BCUT2D eigenvalue weighted by atomic mass is 9.92. The third kappa shape index (κ3) is 9.78. The van der Waals surface area contributed by atoms with Crippen LogP contribution in [0.2, 0.25) is 0 Å². The zero-order valence-electron chi connectivity index (χ0n) is 32.5. The number of hydrogen-bond acceptors (Lipinski definition) is 10. The first-order chi connectivity index (χ1) is 27.1. The first-order valence-electron chi connectivity index (χ1n) is 18.8. The third-order valence-corrected chi connectivity index (χ3v) is 10.4. The number of carbonyl (C=O) groups excluding carboxylic acids is 1. The van der Waals surface area contributed by atoms with Gasteiger partial charge < -0.3 is 24.8 Å². The molecule has 2 aromatic heterocycles. The second-order valence-electron chi connectivity index (χ2n) is 14.6. The van der Waals surface area contributed by atoms with Crippen LogP contribution in [0.15, 0.2) is 102 Å². The lowest BCUT2D eigenvalue weighted by Gasteiger charge is -2.26. The number of rotatable bonds is 13. The van der Waals surface area contributed by atoms with Crippen molar-refractivity contribution in [3.63, 3.8) is 0 Å². The van der Waals surface area contributed by atoms with Crippen molar-refractivity contribution in [1.29, 1.82) is 0 Å². The van der Waals surface area contributed by atoms with Crippen molar-refractivity contribution >= 4 is 51.7 Å². The van der Waals surface area contributed by atoms with Gasteiger partial charge in [-0.25, -0.2) is 14.5 Å². The quantitative estimate of drug-likeness (QED) is 0.0772. The summed E-state index contributed by atoms with van der Waals surface area (Å²) < 4.78 is 19.2. The Morgan fingerprint density at radius 3 is 2.48 bits per heavy atom. The predicted octanol–water partition coefficient (Wildman–Crippen LogP) is 9.42. The fourth-order valence-corrected chi connectivity index (χ4v) is 7.23. The first-order valence-corrected chi connectivity index (χ1v) is 19.8. The number of nitrogens with zero attached hydrogens (tertiary/aromatic N) is 5. The van der Waals surface area contributed by atoms with Gasteiger partial charge in [0.2, 0.25) is 11.8 Å². The van der Waals surface area contributed by atoms with E-state index in [1.165, 1.54) is 0 Å². The summed E-state index contributed by atoms with van der Waals surface area (Å²) in [5.74, 6) is 3.65. The molecule has 7 rings (SSSR count). The Kier molecular flexibility index (Phi) is 12.0. The van der Waals surface area contributed by atoms with Gasteiger partial charge in [-0.2, -0.15) is 10.1 Å². The molecule has 0 bridgehead atoms. The Morgan fingerprint density at radius 2 is 1.71 bits per heavy atom. The number of benzene rings is 4. The van der Waals surface area contributed by atoms with Gasteiger partial charge in [0.05, 0.1) is 37.4 Å². The van der Waals surface area contributed by atoms with Gasteiger partial charge in [-0.15, -0.1) is 11.8 Å². The average molecular weight is 773 g/mol. The largest absolute Gasteiger partial charge is 0.497 e. The summed E-state index contributed by atoms with van der Waals surface area (Å²) in [5, 5.41) is 15.8. The number of methoxy groups -OCH3 is 1. The van der Waals surface area contributed by atoms with Crippen LogP contribution in [0.5, 0.6) is 17.4 Å². The summed E-state index contributed by atoms with van der Waals surface area (Å²) in [6, 6.07) is 28.7. The van der Waals surface area contributed by atoms with Crippen molar-refractivity contribution in [2.75, 3.05) is 61.7 Å². The number of thioether (sulfide) groups is 1. The fraction of sp³-hybridized carbons (Fsp3) is 0.302. The molecule has 3 heterocycles. The van der Waals surface area contributed by atoms with Crippen molar-refractivity contribution in [1.82, 2.24) is 24.6 Å². The van der Waals surface area contributed by atoms with Gasteiger partial charge in [-0.05, 0) is 62.0 Å². The normalized spacial score (nSPS) is 13.4. The number of anilines is 4. The van der Waals surface area contributed by atoms with Crippen molar-refractivity contribution in [3.8, 4) is 23.1 Å². The molecular formula is C43H48N8O4S. The first kappa shape index (κ1) is 38.6. The van der Waals surface area contributed by atoms with E-state index in [-0.39, 0.29) is 5.41 Å². The Hall–Kier alpha value is -5.63. The summed E-state index contributed by atoms with van der Waals surface area (Å²) >= 11 is 1.80. The maximum absolute atomic E-state index is 13.5. The molecular weight excluding hydrogens is 725 g/mol. The maximum Gasteiger partial charge on any atom is 0.324 e. The zero-order valence-corrected chi connectivity index (χ0v) is 33.3. The molecule has 1 fully saturated rings. The van der Waals surface area contributed by atoms with E-state index in [0.717, 1.165) is 89.1 Å². The maximum atomic E-state index is 13.5. The highest BCUT2D eigenvalue weighted by Gasteiger charge is 2.22. The molecule has 2 amide bonds. The minimum absolute atomic E-state index is 0.212. The fourth-order valence-electron chi connectivity index (χ4n) is 6.31. The molecule has 6 aromatic rings. The second-order valence-corrected chi connectivity index (χ2v) is 15.8. The van der Waals surface area contributed by atoms with E-state index in [4.69, 9.17) is 19.3 Å². The van der Waals surface area contributed by atoms with Crippen LogP contribution in [0, 0.1) is 6.92 Å². The minimum atomic E-state index is -0.392. The highest BCUT2D eigenvalue weighted by atomic mass is 32.2. The number of aryl methyl sites for hydroxylation is 1. The van der Waals surface area contributed by atoms with E-state index in [9.17, 15) is 4.79 Å². The van der Waals surface area contributed by atoms with Crippen LogP contribution in [0.3, 0.4) is 0 Å². The number of hydrogen-bond donors (Lipinski definition) is 3. The SMILES string of the molecule is COc1cc(Nc2nccc(Oc3ccc(NC(=O)Nc4cc(C(C)(C)C)nn4-c4ccc(C)cc4)c4ccccc34)n2)cc(SCCCN2CCOCC2)c1. The monoisotopic (exact) mass is 772 g/mol. The molecule has 56 heavy (non-hydrogen) atoms. The van der Waals surface area contributed by atoms with Crippen LogP contribution in [0.25, 0.3) is 16.5 Å². The van der Waals surface area contributed by atoms with E-state index in [2.05, 4.69) is 57.7 Å². The third-order valence-electron chi connectivity index (χ3n) is 9.34. The van der Waals surface area contributed by atoms with Crippen LogP contribution >= 0.6 is 11.8 Å². The van der Waals surface area contributed by atoms with E-state index in [0.29, 0.717) is 29.1 Å². The number of morpholine rings is 1. The van der Waals surface area contributed by atoms with Crippen LogP contribution in [-0.2, 0) is 10.2 Å². The topological polar surface area (TPSA) is 128 Å². The highest BCUT2D eigenvalue weighted by Crippen LogP contribution is 2.35. The molecule has 13 heteroatoms. The summed E-state index contributed by atoms with van der Waals surface area (Å²) in [6.45, 7) is 13.0. The van der Waals surface area contributed by atoms with Crippen LogP contribution in [-0.4, -0.2) is 76.4 Å². The van der Waals surface area contributed by atoms with Crippen molar-refractivity contribution in [2.24, 2.45) is 0 Å². The minimum Gasteiger partial charge on any atom is -0.497 e. The number of nitrogens with one attached hydrogen (secondary N) is 3. The number of aromatic nitrogens is 4. The molecule has 0 aliphatic carbocycles. The Morgan fingerprint density at radius 1 is 0.929 bits per heavy atom. The van der Waals surface area contributed by atoms with E-state index in [1.54, 1.807) is 35.8 Å². The molecule has 12 nitrogen and oxygen atoms in total.